The summed E-state index contributed by atoms with van der Waals surface area (Å²) in [5, 5.41) is 0. The molecule has 0 spiro atoms. The van der Waals surface area contributed by atoms with Crippen LogP contribution in [0.1, 0.15) is 15.9 Å². The number of hydrogen-bond donors (Lipinski definition) is 1. The minimum atomic E-state index is -4.68. The van der Waals surface area contributed by atoms with E-state index in [1.165, 1.54) is 0 Å². The summed E-state index contributed by atoms with van der Waals surface area (Å²) in [5.41, 5.74) is 2.35. The maximum Gasteiger partial charge on any atom is 0.418 e. The zero-order chi connectivity index (χ0) is 10.9. The number of nitrogen functional groups attached to an aromatic ring is 1. The van der Waals surface area contributed by atoms with Crippen molar-refractivity contribution < 1.29 is 22.4 Å². The number of aldehydes is 1. The monoisotopic (exact) mass is 207 g/mol. The molecule has 0 bridgehead atoms. The van der Waals surface area contributed by atoms with Crippen molar-refractivity contribution in [2.45, 2.75) is 6.18 Å². The molecule has 0 aliphatic rings. The number of benzene rings is 1. The highest BCUT2D eigenvalue weighted by molar-refractivity contribution is 5.77. The standard InChI is InChI=1S/C8H5F4NO/c9-6-2-7(13)5(8(10,11)12)1-4(6)3-14/h1-3H,13H2. The van der Waals surface area contributed by atoms with Crippen molar-refractivity contribution in [3.8, 4) is 0 Å². The molecule has 1 aromatic rings. The number of anilines is 1. The summed E-state index contributed by atoms with van der Waals surface area (Å²) in [7, 11) is 0. The van der Waals surface area contributed by atoms with Gasteiger partial charge in [0.05, 0.1) is 11.1 Å². The zero-order valence-electron chi connectivity index (χ0n) is 6.73. The van der Waals surface area contributed by atoms with Crippen LogP contribution in [-0.2, 0) is 6.18 Å². The number of nitrogens with two attached hydrogens (primary N) is 1. The van der Waals surface area contributed by atoms with Crippen molar-refractivity contribution in [2.75, 3.05) is 5.73 Å². The number of rotatable bonds is 1. The Morgan fingerprint density at radius 1 is 1.29 bits per heavy atom. The van der Waals surface area contributed by atoms with Crippen molar-refractivity contribution in [3.63, 3.8) is 0 Å². The first-order chi connectivity index (χ1) is 6.36. The van der Waals surface area contributed by atoms with Crippen LogP contribution in [-0.4, -0.2) is 6.29 Å². The van der Waals surface area contributed by atoms with Crippen LogP contribution in [0, 0.1) is 5.82 Å². The lowest BCUT2D eigenvalue weighted by molar-refractivity contribution is -0.136. The molecular formula is C8H5F4NO. The second kappa shape index (κ2) is 3.28. The zero-order valence-corrected chi connectivity index (χ0v) is 6.73. The second-order valence-corrected chi connectivity index (χ2v) is 2.58. The first-order valence-corrected chi connectivity index (χ1v) is 3.47. The highest BCUT2D eigenvalue weighted by Crippen LogP contribution is 2.34. The first-order valence-electron chi connectivity index (χ1n) is 3.47. The Kier molecular flexibility index (Phi) is 2.46. The Balaban J connectivity index is 3.39. The molecule has 76 valence electrons. The van der Waals surface area contributed by atoms with E-state index in [4.69, 9.17) is 5.73 Å². The van der Waals surface area contributed by atoms with Crippen LogP contribution in [0.2, 0.25) is 0 Å². The SMILES string of the molecule is Nc1cc(F)c(C=O)cc1C(F)(F)F. The Morgan fingerprint density at radius 2 is 1.86 bits per heavy atom. The molecule has 0 unspecified atom stereocenters. The van der Waals surface area contributed by atoms with Crippen LogP contribution in [0.3, 0.4) is 0 Å². The molecule has 0 aliphatic carbocycles. The predicted molar refractivity (Wildman–Crippen MR) is 41.2 cm³/mol. The van der Waals surface area contributed by atoms with E-state index in [0.717, 1.165) is 0 Å². The molecule has 0 saturated heterocycles. The van der Waals surface area contributed by atoms with Gasteiger partial charge in [-0.3, -0.25) is 4.79 Å². The van der Waals surface area contributed by atoms with Gasteiger partial charge in [-0.05, 0) is 12.1 Å². The third-order valence-electron chi connectivity index (χ3n) is 1.60. The maximum absolute atomic E-state index is 12.7. The number of halogens is 4. The maximum atomic E-state index is 12.7. The molecule has 0 aliphatic heterocycles. The predicted octanol–water partition coefficient (Wildman–Crippen LogP) is 2.24. The molecule has 0 radical (unpaired) electrons. The topological polar surface area (TPSA) is 43.1 Å². The minimum Gasteiger partial charge on any atom is -0.398 e. The third kappa shape index (κ3) is 1.84. The number of carbonyl (C=O) groups is 1. The van der Waals surface area contributed by atoms with Gasteiger partial charge in [0.15, 0.2) is 6.29 Å². The summed E-state index contributed by atoms with van der Waals surface area (Å²) in [6.45, 7) is 0. The van der Waals surface area contributed by atoms with Crippen LogP contribution in [0.25, 0.3) is 0 Å². The van der Waals surface area contributed by atoms with Gasteiger partial charge in [0.1, 0.15) is 5.82 Å². The lowest BCUT2D eigenvalue weighted by atomic mass is 10.1. The third-order valence-corrected chi connectivity index (χ3v) is 1.60. The molecule has 2 N–H and O–H groups in total. The van der Waals surface area contributed by atoms with Crippen LogP contribution >= 0.6 is 0 Å². The van der Waals surface area contributed by atoms with E-state index in [2.05, 4.69) is 0 Å². The van der Waals surface area contributed by atoms with E-state index in [0.29, 0.717) is 12.1 Å². The summed E-state index contributed by atoms with van der Waals surface area (Å²) < 4.78 is 49.3. The molecule has 0 saturated carbocycles. The molecular weight excluding hydrogens is 202 g/mol. The number of hydrogen-bond acceptors (Lipinski definition) is 2. The van der Waals surface area contributed by atoms with Gasteiger partial charge >= 0.3 is 6.18 Å². The van der Waals surface area contributed by atoms with Crippen molar-refractivity contribution in [1.29, 1.82) is 0 Å². The van der Waals surface area contributed by atoms with Crippen molar-refractivity contribution in [1.82, 2.24) is 0 Å². The van der Waals surface area contributed by atoms with E-state index in [1.807, 2.05) is 0 Å². The van der Waals surface area contributed by atoms with Crippen molar-refractivity contribution in [2.24, 2.45) is 0 Å². The minimum absolute atomic E-state index is 0.00398. The molecule has 0 heterocycles. The van der Waals surface area contributed by atoms with Gasteiger partial charge in [-0.25, -0.2) is 4.39 Å². The average Bonchev–Trinajstić information content (AvgIpc) is 2.02. The van der Waals surface area contributed by atoms with Gasteiger partial charge in [0, 0.05) is 5.69 Å². The fraction of sp³-hybridized carbons (Fsp3) is 0.125. The summed E-state index contributed by atoms with van der Waals surface area (Å²) in [6.07, 6.45) is -4.68. The van der Waals surface area contributed by atoms with Crippen LogP contribution < -0.4 is 5.73 Å². The van der Waals surface area contributed by atoms with E-state index >= 15 is 0 Å². The van der Waals surface area contributed by atoms with Gasteiger partial charge in [0.2, 0.25) is 0 Å². The van der Waals surface area contributed by atoms with Gasteiger partial charge in [-0.2, -0.15) is 13.2 Å². The van der Waals surface area contributed by atoms with Gasteiger partial charge < -0.3 is 5.73 Å². The van der Waals surface area contributed by atoms with Crippen molar-refractivity contribution >= 4 is 12.0 Å². The normalized spacial score (nSPS) is 11.4. The fourth-order valence-electron chi connectivity index (χ4n) is 0.941. The Bertz CT molecular complexity index is 372. The molecule has 0 fully saturated rings. The van der Waals surface area contributed by atoms with E-state index in [9.17, 15) is 22.4 Å². The lowest BCUT2D eigenvalue weighted by Gasteiger charge is -2.10. The highest BCUT2D eigenvalue weighted by Gasteiger charge is 2.33. The first kappa shape index (κ1) is 10.5. The molecule has 0 aromatic heterocycles. The smallest absolute Gasteiger partial charge is 0.398 e. The van der Waals surface area contributed by atoms with E-state index in [1.54, 1.807) is 0 Å². The molecule has 0 amide bonds. The largest absolute Gasteiger partial charge is 0.418 e. The van der Waals surface area contributed by atoms with Crippen LogP contribution in [0.4, 0.5) is 23.2 Å². The summed E-state index contributed by atoms with van der Waals surface area (Å²) in [6, 6.07) is 0.865. The molecule has 2 nitrogen and oxygen atoms in total. The average molecular weight is 207 g/mol. The molecule has 1 aromatic carbocycles. The summed E-state index contributed by atoms with van der Waals surface area (Å²) in [5.74, 6) is -1.06. The van der Waals surface area contributed by atoms with Crippen LogP contribution in [0.15, 0.2) is 12.1 Å². The van der Waals surface area contributed by atoms with Crippen LogP contribution in [0.5, 0.6) is 0 Å². The molecule has 14 heavy (non-hydrogen) atoms. The lowest BCUT2D eigenvalue weighted by Crippen LogP contribution is -2.10. The number of carbonyl (C=O) groups excluding carboxylic acids is 1. The second-order valence-electron chi connectivity index (χ2n) is 2.58. The summed E-state index contributed by atoms with van der Waals surface area (Å²) in [4.78, 5) is 10.2. The fourth-order valence-corrected chi connectivity index (χ4v) is 0.941. The quantitative estimate of drug-likeness (QED) is 0.436. The van der Waals surface area contributed by atoms with Crippen molar-refractivity contribution in [3.05, 3.63) is 29.1 Å². The van der Waals surface area contributed by atoms with Gasteiger partial charge in [0.25, 0.3) is 0 Å². The van der Waals surface area contributed by atoms with Gasteiger partial charge in [-0.15, -0.1) is 0 Å². The number of alkyl halides is 3. The van der Waals surface area contributed by atoms with E-state index in [-0.39, 0.29) is 6.29 Å². The Labute approximate surface area is 76.3 Å². The van der Waals surface area contributed by atoms with Gasteiger partial charge in [-0.1, -0.05) is 0 Å². The Morgan fingerprint density at radius 3 is 2.29 bits per heavy atom. The Hall–Kier alpha value is -1.59. The highest BCUT2D eigenvalue weighted by atomic mass is 19.4. The van der Waals surface area contributed by atoms with E-state index < -0.39 is 28.8 Å². The molecule has 6 heteroatoms. The molecule has 1 rings (SSSR count). The summed E-state index contributed by atoms with van der Waals surface area (Å²) >= 11 is 0. The molecule has 0 atom stereocenters.